The number of nitrogens with zero attached hydrogens (tertiary/aromatic N) is 3. The molecule has 2 fully saturated rings. The predicted molar refractivity (Wildman–Crippen MR) is 110 cm³/mol. The number of hydrogen-bond donors (Lipinski definition) is 1. The lowest BCUT2D eigenvalue weighted by atomic mass is 9.89. The first-order chi connectivity index (χ1) is 12.6. The van der Waals surface area contributed by atoms with Gasteiger partial charge in [0.05, 0.1) is 13.7 Å². The minimum Gasteiger partial charge on any atom is -0.497 e. The first kappa shape index (κ1) is 22.5. The van der Waals surface area contributed by atoms with Crippen LogP contribution in [0, 0.1) is 11.8 Å². The van der Waals surface area contributed by atoms with E-state index in [1.54, 1.807) is 7.11 Å². The number of carbonyl (C=O) groups is 1. The third kappa shape index (κ3) is 3.98. The van der Waals surface area contributed by atoms with Gasteiger partial charge in [0.15, 0.2) is 5.69 Å². The van der Waals surface area contributed by atoms with Crippen LogP contribution in [0.4, 0.5) is 0 Å². The Bertz CT molecular complexity index is 799. The van der Waals surface area contributed by atoms with E-state index >= 15 is 0 Å². The summed E-state index contributed by atoms with van der Waals surface area (Å²) in [5, 5.41) is 0. The number of likely N-dealkylation sites (tertiary alicyclic amines) is 2. The lowest BCUT2D eigenvalue weighted by Gasteiger charge is -2.26. The van der Waals surface area contributed by atoms with E-state index in [2.05, 4.69) is 29.1 Å². The molecule has 0 bridgehead atoms. The summed E-state index contributed by atoms with van der Waals surface area (Å²) in [7, 11) is 3.83. The number of ether oxygens (including phenoxy) is 1. The second kappa shape index (κ2) is 9.13. The largest absolute Gasteiger partial charge is 0.497 e. The van der Waals surface area contributed by atoms with E-state index in [4.69, 9.17) is 14.9 Å². The Kier molecular flexibility index (Phi) is 7.33. The number of carbonyl (C=O) groups excluding carboxylic acids is 1. The summed E-state index contributed by atoms with van der Waals surface area (Å²) in [6.07, 6.45) is 1.41. The van der Waals surface area contributed by atoms with E-state index in [9.17, 15) is 4.79 Å². The van der Waals surface area contributed by atoms with E-state index < -0.39 is 0 Å². The third-order valence-corrected chi connectivity index (χ3v) is 5.58. The van der Waals surface area contributed by atoms with Crippen LogP contribution in [0.2, 0.25) is 0 Å². The summed E-state index contributed by atoms with van der Waals surface area (Å²) in [6.45, 7) is 2.67. The van der Waals surface area contributed by atoms with Gasteiger partial charge in [-0.05, 0) is 30.7 Å². The van der Waals surface area contributed by atoms with Crippen molar-refractivity contribution in [3.05, 3.63) is 47.7 Å². The van der Waals surface area contributed by atoms with Crippen molar-refractivity contribution < 1.29 is 13.9 Å². The molecule has 0 aliphatic carbocycles. The van der Waals surface area contributed by atoms with E-state index in [-0.39, 0.29) is 37.3 Å². The molecule has 3 heterocycles. The molecular formula is C19H26Cl2N4O3. The van der Waals surface area contributed by atoms with Crippen molar-refractivity contribution in [1.82, 2.24) is 14.8 Å². The van der Waals surface area contributed by atoms with Crippen LogP contribution in [0.5, 0.6) is 5.75 Å². The van der Waals surface area contributed by atoms with Gasteiger partial charge in [-0.1, -0.05) is 12.1 Å². The molecule has 2 aromatic rings. The molecule has 0 unspecified atom stereocenters. The van der Waals surface area contributed by atoms with Crippen molar-refractivity contribution >= 4 is 30.7 Å². The van der Waals surface area contributed by atoms with Crippen LogP contribution in [0.3, 0.4) is 0 Å². The number of oxazole rings is 1. The van der Waals surface area contributed by atoms with Gasteiger partial charge in [-0.25, -0.2) is 4.98 Å². The summed E-state index contributed by atoms with van der Waals surface area (Å²) >= 11 is 0. The molecule has 28 heavy (non-hydrogen) atoms. The summed E-state index contributed by atoms with van der Waals surface area (Å²) in [5.41, 5.74) is 7.13. The molecule has 2 N–H and O–H groups in total. The van der Waals surface area contributed by atoms with Crippen LogP contribution in [-0.2, 0) is 6.54 Å². The standard InChI is InChI=1S/C19H24N4O3.2ClH/c1-22-8-13-9-23(19(24)16-11-26-17(7-20)21-16)10-15(13)18(22)12-3-5-14(25-2)6-4-12;;/h3-6,11,13,15,18H,7-10,20H2,1-2H3;2*1H/t13-,15+,18+;;/m0../s1. The van der Waals surface area contributed by atoms with E-state index in [1.807, 2.05) is 17.0 Å². The van der Waals surface area contributed by atoms with Crippen molar-refractivity contribution in [2.24, 2.45) is 17.6 Å². The van der Waals surface area contributed by atoms with Crippen molar-refractivity contribution in [1.29, 1.82) is 0 Å². The summed E-state index contributed by atoms with van der Waals surface area (Å²) in [5.74, 6) is 2.06. The van der Waals surface area contributed by atoms with Gasteiger partial charge >= 0.3 is 0 Å². The molecule has 0 radical (unpaired) electrons. The zero-order valence-electron chi connectivity index (χ0n) is 15.9. The van der Waals surface area contributed by atoms with Gasteiger partial charge in [-0.3, -0.25) is 9.69 Å². The van der Waals surface area contributed by atoms with E-state index in [1.165, 1.54) is 11.8 Å². The smallest absolute Gasteiger partial charge is 0.275 e. The molecule has 0 spiro atoms. The molecule has 2 aliphatic heterocycles. The molecule has 7 nitrogen and oxygen atoms in total. The molecule has 2 aliphatic rings. The highest BCUT2D eigenvalue weighted by molar-refractivity contribution is 5.92. The number of fused-ring (bicyclic) bond motifs is 1. The van der Waals surface area contributed by atoms with Crippen LogP contribution >= 0.6 is 24.8 Å². The number of methoxy groups -OCH3 is 1. The van der Waals surface area contributed by atoms with Gasteiger partial charge in [0, 0.05) is 31.6 Å². The SMILES string of the molecule is COc1ccc([C@@H]2[C@@H]3CN(C(=O)c4coc(CN)n4)C[C@@H]3CN2C)cc1.Cl.Cl. The van der Waals surface area contributed by atoms with Crippen molar-refractivity contribution in [2.45, 2.75) is 12.6 Å². The normalized spacial score (nSPS) is 23.7. The molecule has 2 saturated heterocycles. The summed E-state index contributed by atoms with van der Waals surface area (Å²) < 4.78 is 10.5. The fraction of sp³-hybridized carbons (Fsp3) is 0.474. The Labute approximate surface area is 177 Å². The molecule has 1 aromatic heterocycles. The number of aromatic nitrogens is 1. The van der Waals surface area contributed by atoms with Crippen LogP contribution in [0.25, 0.3) is 0 Å². The maximum Gasteiger partial charge on any atom is 0.275 e. The Morgan fingerprint density at radius 1 is 1.25 bits per heavy atom. The topological polar surface area (TPSA) is 84.8 Å². The number of hydrogen-bond acceptors (Lipinski definition) is 6. The van der Waals surface area contributed by atoms with Crippen LogP contribution < -0.4 is 10.5 Å². The lowest BCUT2D eigenvalue weighted by molar-refractivity contribution is 0.0762. The Morgan fingerprint density at radius 2 is 1.96 bits per heavy atom. The van der Waals surface area contributed by atoms with Gasteiger partial charge in [-0.2, -0.15) is 0 Å². The highest BCUT2D eigenvalue weighted by atomic mass is 35.5. The van der Waals surface area contributed by atoms with Crippen LogP contribution in [-0.4, -0.2) is 54.5 Å². The number of nitrogens with two attached hydrogens (primary N) is 1. The number of rotatable bonds is 4. The van der Waals surface area contributed by atoms with Gasteiger partial charge < -0.3 is 19.8 Å². The molecule has 9 heteroatoms. The Hall–Kier alpha value is -1.80. The van der Waals surface area contributed by atoms with E-state index in [0.29, 0.717) is 29.5 Å². The van der Waals surface area contributed by atoms with Crippen molar-refractivity contribution in [2.75, 3.05) is 33.8 Å². The van der Waals surface area contributed by atoms with Crippen LogP contribution in [0.15, 0.2) is 34.9 Å². The highest BCUT2D eigenvalue weighted by Crippen LogP contribution is 2.44. The second-order valence-corrected chi connectivity index (χ2v) is 7.12. The number of benzene rings is 1. The van der Waals surface area contributed by atoms with Crippen molar-refractivity contribution in [3.63, 3.8) is 0 Å². The Balaban J connectivity index is 0.00000140. The van der Waals surface area contributed by atoms with Gasteiger partial charge in [0.2, 0.25) is 5.89 Å². The zero-order valence-corrected chi connectivity index (χ0v) is 17.5. The fourth-order valence-electron chi connectivity index (χ4n) is 4.39. The van der Waals surface area contributed by atoms with E-state index in [0.717, 1.165) is 25.4 Å². The molecule has 154 valence electrons. The summed E-state index contributed by atoms with van der Waals surface area (Å²) in [6, 6.07) is 8.55. The van der Waals surface area contributed by atoms with Gasteiger partial charge in [0.1, 0.15) is 12.0 Å². The lowest BCUT2D eigenvalue weighted by Crippen LogP contribution is -2.33. The van der Waals surface area contributed by atoms with Crippen molar-refractivity contribution in [3.8, 4) is 5.75 Å². The first-order valence-electron chi connectivity index (χ1n) is 8.88. The molecule has 0 saturated carbocycles. The minimum absolute atomic E-state index is 0. The number of halogens is 2. The molecule has 1 amide bonds. The molecular weight excluding hydrogens is 403 g/mol. The molecule has 1 aromatic carbocycles. The molecule has 4 rings (SSSR count). The fourth-order valence-corrected chi connectivity index (χ4v) is 4.39. The maximum atomic E-state index is 12.7. The average Bonchev–Trinajstić information content (AvgIpc) is 3.35. The zero-order chi connectivity index (χ0) is 18.3. The second-order valence-electron chi connectivity index (χ2n) is 7.12. The maximum absolute atomic E-state index is 12.7. The average molecular weight is 429 g/mol. The van der Waals surface area contributed by atoms with Crippen LogP contribution in [0.1, 0.15) is 28.0 Å². The monoisotopic (exact) mass is 428 g/mol. The van der Waals surface area contributed by atoms with Gasteiger partial charge in [-0.15, -0.1) is 24.8 Å². The minimum atomic E-state index is -0.0704. The first-order valence-corrected chi connectivity index (χ1v) is 8.88. The highest BCUT2D eigenvalue weighted by Gasteiger charge is 2.47. The quantitative estimate of drug-likeness (QED) is 0.804. The summed E-state index contributed by atoms with van der Waals surface area (Å²) in [4.78, 5) is 21.2. The predicted octanol–water partition coefficient (Wildman–Crippen LogP) is 2.36. The third-order valence-electron chi connectivity index (χ3n) is 5.58. The number of amides is 1. The molecule has 3 atom stereocenters. The Morgan fingerprint density at radius 3 is 2.57 bits per heavy atom. The van der Waals surface area contributed by atoms with Gasteiger partial charge in [0.25, 0.3) is 5.91 Å².